The molecule has 0 fully saturated rings. The summed E-state index contributed by atoms with van der Waals surface area (Å²) >= 11 is 0. The Labute approximate surface area is 100 Å². The summed E-state index contributed by atoms with van der Waals surface area (Å²) in [6.07, 6.45) is 3.43. The maximum absolute atomic E-state index is 5.73. The summed E-state index contributed by atoms with van der Waals surface area (Å²) in [6, 6.07) is 8.12. The van der Waals surface area contributed by atoms with E-state index in [0.29, 0.717) is 5.95 Å². The quantitative estimate of drug-likeness (QED) is 0.840. The number of rotatable bonds is 4. The van der Waals surface area contributed by atoms with Gasteiger partial charge in [0.15, 0.2) is 0 Å². The van der Waals surface area contributed by atoms with E-state index in [1.807, 2.05) is 12.1 Å². The predicted octanol–water partition coefficient (Wildman–Crippen LogP) is 1.77. The molecule has 0 aliphatic carbocycles. The zero-order valence-corrected chi connectivity index (χ0v) is 9.93. The Balaban J connectivity index is 2.29. The zero-order valence-electron chi connectivity index (χ0n) is 9.93. The molecule has 0 saturated carbocycles. The van der Waals surface area contributed by atoms with Crippen molar-refractivity contribution in [3.63, 3.8) is 0 Å². The summed E-state index contributed by atoms with van der Waals surface area (Å²) in [6.45, 7) is 2.18. The first-order valence-corrected chi connectivity index (χ1v) is 5.78. The molecule has 0 saturated heterocycles. The fourth-order valence-electron chi connectivity index (χ4n) is 1.76. The minimum Gasteiger partial charge on any atom is -0.368 e. The third-order valence-electron chi connectivity index (χ3n) is 2.62. The molecule has 1 heterocycles. The maximum Gasteiger partial charge on any atom is 0.241 e. The Kier molecular flexibility index (Phi) is 3.27. The van der Waals surface area contributed by atoms with Gasteiger partial charge in [-0.05, 0) is 30.5 Å². The number of aromatic nitrogens is 3. The van der Waals surface area contributed by atoms with Crippen LogP contribution in [0.2, 0.25) is 0 Å². The normalized spacial score (nSPS) is 10.6. The molecule has 0 aliphatic rings. The molecule has 0 spiro atoms. The van der Waals surface area contributed by atoms with E-state index >= 15 is 0 Å². The van der Waals surface area contributed by atoms with Crippen LogP contribution < -0.4 is 11.5 Å². The Bertz CT molecular complexity index is 503. The Morgan fingerprint density at radius 1 is 1.29 bits per heavy atom. The monoisotopic (exact) mass is 231 g/mol. The van der Waals surface area contributed by atoms with E-state index in [-0.39, 0.29) is 5.95 Å². The SMILES string of the molecule is CCCCc1cccc(-n2nc(N)nc2N)c1. The molecule has 2 aromatic rings. The predicted molar refractivity (Wildman–Crippen MR) is 68.8 cm³/mol. The smallest absolute Gasteiger partial charge is 0.241 e. The number of nitrogen functional groups attached to an aromatic ring is 2. The molecule has 4 N–H and O–H groups in total. The van der Waals surface area contributed by atoms with Crippen LogP contribution in [0.5, 0.6) is 0 Å². The molecule has 0 amide bonds. The van der Waals surface area contributed by atoms with Gasteiger partial charge in [-0.3, -0.25) is 0 Å². The molecule has 1 aromatic carbocycles. The second-order valence-corrected chi connectivity index (χ2v) is 4.01. The lowest BCUT2D eigenvalue weighted by Crippen LogP contribution is -2.03. The lowest BCUT2D eigenvalue weighted by molar-refractivity contribution is 0.792. The molecular formula is C12H17N5. The molecule has 2 rings (SSSR count). The number of nitrogens with zero attached hydrogens (tertiary/aromatic N) is 3. The Morgan fingerprint density at radius 3 is 2.76 bits per heavy atom. The van der Waals surface area contributed by atoms with Gasteiger partial charge in [-0.2, -0.15) is 9.67 Å². The minimum absolute atomic E-state index is 0.196. The lowest BCUT2D eigenvalue weighted by Gasteiger charge is -2.05. The maximum atomic E-state index is 5.73. The number of benzene rings is 1. The molecule has 1 aromatic heterocycles. The fraction of sp³-hybridized carbons (Fsp3) is 0.333. The van der Waals surface area contributed by atoms with Gasteiger partial charge in [-0.15, -0.1) is 5.10 Å². The molecule has 0 aliphatic heterocycles. The highest BCUT2D eigenvalue weighted by Crippen LogP contribution is 2.15. The Hall–Kier alpha value is -2.04. The van der Waals surface area contributed by atoms with Crippen molar-refractivity contribution in [3.05, 3.63) is 29.8 Å². The summed E-state index contributed by atoms with van der Waals surface area (Å²) < 4.78 is 1.56. The van der Waals surface area contributed by atoms with Crippen molar-refractivity contribution in [3.8, 4) is 5.69 Å². The van der Waals surface area contributed by atoms with Crippen molar-refractivity contribution >= 4 is 11.9 Å². The van der Waals surface area contributed by atoms with Crippen LogP contribution in [0.3, 0.4) is 0 Å². The molecule has 0 atom stereocenters. The van der Waals surface area contributed by atoms with Gasteiger partial charge in [0, 0.05) is 0 Å². The third-order valence-corrected chi connectivity index (χ3v) is 2.62. The van der Waals surface area contributed by atoms with Crippen molar-refractivity contribution in [2.45, 2.75) is 26.2 Å². The summed E-state index contributed by atoms with van der Waals surface area (Å²) in [5.74, 6) is 0.511. The first kappa shape index (κ1) is 11.4. The third kappa shape index (κ3) is 2.55. The molecule has 5 nitrogen and oxygen atoms in total. The van der Waals surface area contributed by atoms with Gasteiger partial charge in [0.2, 0.25) is 11.9 Å². The summed E-state index contributed by atoms with van der Waals surface area (Å²) in [5.41, 5.74) is 13.4. The largest absolute Gasteiger partial charge is 0.368 e. The number of nitrogens with two attached hydrogens (primary N) is 2. The lowest BCUT2D eigenvalue weighted by atomic mass is 10.1. The van der Waals surface area contributed by atoms with Crippen molar-refractivity contribution in [2.24, 2.45) is 0 Å². The van der Waals surface area contributed by atoms with Crippen molar-refractivity contribution < 1.29 is 0 Å². The van der Waals surface area contributed by atoms with Crippen LogP contribution in [0.4, 0.5) is 11.9 Å². The van der Waals surface area contributed by atoms with Crippen LogP contribution in [0.15, 0.2) is 24.3 Å². The van der Waals surface area contributed by atoms with Gasteiger partial charge in [0.05, 0.1) is 5.69 Å². The van der Waals surface area contributed by atoms with Crippen molar-refractivity contribution in [1.82, 2.24) is 14.8 Å². The van der Waals surface area contributed by atoms with E-state index in [1.54, 1.807) is 4.68 Å². The van der Waals surface area contributed by atoms with Gasteiger partial charge >= 0.3 is 0 Å². The second-order valence-electron chi connectivity index (χ2n) is 4.01. The number of unbranched alkanes of at least 4 members (excludes halogenated alkanes) is 1. The van der Waals surface area contributed by atoms with E-state index < -0.39 is 0 Å². The summed E-state index contributed by atoms with van der Waals surface area (Å²) in [7, 11) is 0. The van der Waals surface area contributed by atoms with E-state index in [0.717, 1.165) is 12.1 Å². The fourth-order valence-corrected chi connectivity index (χ4v) is 1.76. The van der Waals surface area contributed by atoms with Crippen LogP contribution in [0.25, 0.3) is 5.69 Å². The van der Waals surface area contributed by atoms with Gasteiger partial charge in [0.1, 0.15) is 0 Å². The van der Waals surface area contributed by atoms with E-state index in [2.05, 4.69) is 29.1 Å². The molecule has 0 unspecified atom stereocenters. The molecule has 90 valence electrons. The number of anilines is 2. The average molecular weight is 231 g/mol. The molecular weight excluding hydrogens is 214 g/mol. The van der Waals surface area contributed by atoms with Gasteiger partial charge in [0.25, 0.3) is 0 Å². The van der Waals surface area contributed by atoms with Crippen molar-refractivity contribution in [2.75, 3.05) is 11.5 Å². The minimum atomic E-state index is 0.196. The van der Waals surface area contributed by atoms with Crippen LogP contribution in [0.1, 0.15) is 25.3 Å². The number of hydrogen-bond donors (Lipinski definition) is 2. The average Bonchev–Trinajstić information content (AvgIpc) is 2.66. The van der Waals surface area contributed by atoms with E-state index in [9.17, 15) is 0 Å². The van der Waals surface area contributed by atoms with Crippen LogP contribution in [-0.4, -0.2) is 14.8 Å². The molecule has 0 radical (unpaired) electrons. The second kappa shape index (κ2) is 4.86. The zero-order chi connectivity index (χ0) is 12.3. The topological polar surface area (TPSA) is 82.8 Å². The number of aryl methyl sites for hydroxylation is 1. The highest BCUT2D eigenvalue weighted by molar-refractivity contribution is 5.42. The van der Waals surface area contributed by atoms with E-state index in [1.165, 1.54) is 18.4 Å². The summed E-state index contributed by atoms with van der Waals surface area (Å²) in [4.78, 5) is 3.89. The first-order valence-electron chi connectivity index (χ1n) is 5.78. The van der Waals surface area contributed by atoms with Crippen LogP contribution in [-0.2, 0) is 6.42 Å². The van der Waals surface area contributed by atoms with Gasteiger partial charge in [-0.25, -0.2) is 0 Å². The van der Waals surface area contributed by atoms with E-state index in [4.69, 9.17) is 11.5 Å². The first-order chi connectivity index (χ1) is 8.20. The van der Waals surface area contributed by atoms with Crippen LogP contribution in [0, 0.1) is 0 Å². The van der Waals surface area contributed by atoms with Gasteiger partial charge in [-0.1, -0.05) is 25.5 Å². The van der Waals surface area contributed by atoms with Crippen molar-refractivity contribution in [1.29, 1.82) is 0 Å². The van der Waals surface area contributed by atoms with Gasteiger partial charge < -0.3 is 11.5 Å². The van der Waals surface area contributed by atoms with Crippen LogP contribution >= 0.6 is 0 Å². The molecule has 0 bridgehead atoms. The molecule has 5 heteroatoms. The highest BCUT2D eigenvalue weighted by atomic mass is 15.4. The Morgan fingerprint density at radius 2 is 2.12 bits per heavy atom. The molecule has 17 heavy (non-hydrogen) atoms. The number of hydrogen-bond acceptors (Lipinski definition) is 4. The highest BCUT2D eigenvalue weighted by Gasteiger charge is 2.06. The standard InChI is InChI=1S/C12H17N5/c1-2-3-5-9-6-4-7-10(8-9)17-12(14)15-11(13)16-17/h4,6-8H,2-3,5H2,1H3,(H4,13,14,15,16). The summed E-state index contributed by atoms with van der Waals surface area (Å²) in [5, 5.41) is 4.06.